The van der Waals surface area contributed by atoms with Crippen LogP contribution in [-0.2, 0) is 4.79 Å². The van der Waals surface area contributed by atoms with E-state index in [2.05, 4.69) is 0 Å². The minimum Gasteiger partial charge on any atom is -0.480 e. The summed E-state index contributed by atoms with van der Waals surface area (Å²) in [5.74, 6) is -0.945. The molecule has 0 amide bonds. The molecule has 0 atom stereocenters. The Balaban J connectivity index is 2.27. The Morgan fingerprint density at radius 3 is 2.00 bits per heavy atom. The van der Waals surface area contributed by atoms with E-state index in [1.54, 1.807) is 4.90 Å². The summed E-state index contributed by atoms with van der Waals surface area (Å²) in [6.45, 7) is 0.290. The van der Waals surface area contributed by atoms with Crippen molar-refractivity contribution in [3.05, 3.63) is 0 Å². The van der Waals surface area contributed by atoms with E-state index in [0.717, 1.165) is 0 Å². The number of carboxylic acid groups (broad SMARTS) is 1. The first-order valence-corrected chi connectivity index (χ1v) is 4.60. The molecule has 4 nitrogen and oxygen atoms in total. The van der Waals surface area contributed by atoms with Crippen molar-refractivity contribution in [3.63, 3.8) is 0 Å². The van der Waals surface area contributed by atoms with Gasteiger partial charge in [-0.2, -0.15) is 13.2 Å². The van der Waals surface area contributed by atoms with E-state index in [4.69, 9.17) is 5.11 Å². The second-order valence-corrected chi connectivity index (χ2v) is 3.56. The van der Waals surface area contributed by atoms with Gasteiger partial charge in [-0.1, -0.05) is 0 Å². The zero-order valence-corrected chi connectivity index (χ0v) is 8.13. The summed E-state index contributed by atoms with van der Waals surface area (Å²) < 4.78 is 36.0. The van der Waals surface area contributed by atoms with Crippen LogP contribution in [0.5, 0.6) is 0 Å². The summed E-state index contributed by atoms with van der Waals surface area (Å²) in [7, 11) is 0. The first-order chi connectivity index (χ1) is 6.87. The van der Waals surface area contributed by atoms with E-state index < -0.39 is 18.7 Å². The van der Waals surface area contributed by atoms with Crippen LogP contribution >= 0.6 is 0 Å². The van der Waals surface area contributed by atoms with Gasteiger partial charge in [0.1, 0.15) is 0 Å². The highest BCUT2D eigenvalue weighted by Crippen LogP contribution is 2.17. The molecule has 0 aromatic heterocycles. The summed E-state index contributed by atoms with van der Waals surface area (Å²) >= 11 is 0. The van der Waals surface area contributed by atoms with Crippen molar-refractivity contribution in [2.24, 2.45) is 0 Å². The van der Waals surface area contributed by atoms with Gasteiger partial charge in [-0.3, -0.25) is 14.6 Å². The fraction of sp³-hybridized carbons (Fsp3) is 0.875. The molecule has 0 bridgehead atoms. The molecule has 0 saturated carbocycles. The summed E-state index contributed by atoms with van der Waals surface area (Å²) in [6.07, 6.45) is -4.17. The van der Waals surface area contributed by atoms with E-state index in [1.807, 2.05) is 0 Å². The fourth-order valence-corrected chi connectivity index (χ4v) is 1.55. The third-order valence-corrected chi connectivity index (χ3v) is 2.23. The van der Waals surface area contributed by atoms with Gasteiger partial charge in [0.05, 0.1) is 13.1 Å². The number of hydrogen-bond donors (Lipinski definition) is 1. The van der Waals surface area contributed by atoms with Crippen LogP contribution in [0.3, 0.4) is 0 Å². The minimum absolute atomic E-state index is 0.0974. The van der Waals surface area contributed by atoms with Crippen LogP contribution in [0, 0.1) is 0 Å². The lowest BCUT2D eigenvalue weighted by Crippen LogP contribution is -2.50. The standard InChI is InChI=1S/C8H13F3N2O2/c9-8(10,11)6-13-3-1-12(2-4-13)5-7(14)15/h1-6H2,(H,14,15). The predicted octanol–water partition coefficient (Wildman–Crippen LogP) is 0.251. The molecule has 1 rings (SSSR count). The molecule has 88 valence electrons. The second-order valence-electron chi connectivity index (χ2n) is 3.56. The van der Waals surface area contributed by atoms with Crippen LogP contribution < -0.4 is 0 Å². The normalized spacial score (nSPS) is 20.5. The highest BCUT2D eigenvalue weighted by atomic mass is 19.4. The molecule has 1 heterocycles. The number of rotatable bonds is 3. The van der Waals surface area contributed by atoms with Gasteiger partial charge < -0.3 is 5.11 Å². The third-order valence-electron chi connectivity index (χ3n) is 2.23. The van der Waals surface area contributed by atoms with Crippen LogP contribution in [0.15, 0.2) is 0 Å². The van der Waals surface area contributed by atoms with Gasteiger partial charge in [0, 0.05) is 26.2 Å². The molecule has 0 aliphatic carbocycles. The Labute approximate surface area is 85.3 Å². The summed E-state index contributed by atoms with van der Waals surface area (Å²) in [5, 5.41) is 8.48. The molecule has 0 aromatic rings. The van der Waals surface area contributed by atoms with Gasteiger partial charge >= 0.3 is 12.1 Å². The van der Waals surface area contributed by atoms with Crippen molar-refractivity contribution in [2.45, 2.75) is 6.18 Å². The van der Waals surface area contributed by atoms with Crippen molar-refractivity contribution >= 4 is 5.97 Å². The topological polar surface area (TPSA) is 43.8 Å². The molecule has 0 spiro atoms. The van der Waals surface area contributed by atoms with Gasteiger partial charge in [-0.05, 0) is 0 Å². The first-order valence-electron chi connectivity index (χ1n) is 4.60. The molecule has 0 unspecified atom stereocenters. The zero-order valence-electron chi connectivity index (χ0n) is 8.13. The molecule has 1 N–H and O–H groups in total. The van der Waals surface area contributed by atoms with Crippen LogP contribution in [0.2, 0.25) is 0 Å². The van der Waals surface area contributed by atoms with Gasteiger partial charge in [0.25, 0.3) is 0 Å². The van der Waals surface area contributed by atoms with E-state index in [9.17, 15) is 18.0 Å². The lowest BCUT2D eigenvalue weighted by atomic mass is 10.3. The van der Waals surface area contributed by atoms with Gasteiger partial charge in [0.15, 0.2) is 0 Å². The molecule has 0 radical (unpaired) electrons. The molecular weight excluding hydrogens is 213 g/mol. The van der Waals surface area contributed by atoms with Crippen molar-refractivity contribution in [1.29, 1.82) is 0 Å². The number of alkyl halides is 3. The molecule has 1 fully saturated rings. The summed E-state index contributed by atoms with van der Waals surface area (Å²) in [6, 6.07) is 0. The minimum atomic E-state index is -4.17. The largest absolute Gasteiger partial charge is 0.480 e. The number of nitrogens with zero attached hydrogens (tertiary/aromatic N) is 2. The van der Waals surface area contributed by atoms with Crippen LogP contribution in [-0.4, -0.2) is 66.3 Å². The molecule has 15 heavy (non-hydrogen) atoms. The smallest absolute Gasteiger partial charge is 0.401 e. The Morgan fingerprint density at radius 1 is 1.13 bits per heavy atom. The Kier molecular flexibility index (Phi) is 3.92. The monoisotopic (exact) mass is 226 g/mol. The average molecular weight is 226 g/mol. The first kappa shape index (κ1) is 12.3. The third kappa shape index (κ3) is 4.98. The molecule has 1 saturated heterocycles. The molecule has 1 aliphatic rings. The summed E-state index contributed by atoms with van der Waals surface area (Å²) in [5.41, 5.74) is 0. The highest BCUT2D eigenvalue weighted by molar-refractivity contribution is 5.69. The van der Waals surface area contributed by atoms with E-state index in [0.29, 0.717) is 13.1 Å². The molecule has 1 aliphatic heterocycles. The van der Waals surface area contributed by atoms with Gasteiger partial charge in [-0.25, -0.2) is 0 Å². The number of piperazine rings is 1. The number of carboxylic acids is 1. The average Bonchev–Trinajstić information content (AvgIpc) is 2.05. The lowest BCUT2D eigenvalue weighted by Gasteiger charge is -2.33. The molecule has 7 heteroatoms. The Hall–Kier alpha value is -0.820. The quantitative estimate of drug-likeness (QED) is 0.749. The van der Waals surface area contributed by atoms with Crippen molar-refractivity contribution in [3.8, 4) is 0 Å². The van der Waals surface area contributed by atoms with E-state index >= 15 is 0 Å². The Morgan fingerprint density at radius 2 is 1.60 bits per heavy atom. The van der Waals surface area contributed by atoms with Crippen molar-refractivity contribution < 1.29 is 23.1 Å². The maximum absolute atomic E-state index is 12.0. The van der Waals surface area contributed by atoms with E-state index in [-0.39, 0.29) is 19.6 Å². The van der Waals surface area contributed by atoms with Gasteiger partial charge in [-0.15, -0.1) is 0 Å². The van der Waals surface area contributed by atoms with Crippen LogP contribution in [0.1, 0.15) is 0 Å². The van der Waals surface area contributed by atoms with Gasteiger partial charge in [0.2, 0.25) is 0 Å². The van der Waals surface area contributed by atoms with Crippen LogP contribution in [0.25, 0.3) is 0 Å². The lowest BCUT2D eigenvalue weighted by molar-refractivity contribution is -0.151. The molecular formula is C8H13F3N2O2. The van der Waals surface area contributed by atoms with E-state index in [1.165, 1.54) is 4.90 Å². The Bertz CT molecular complexity index is 224. The maximum atomic E-state index is 12.0. The highest BCUT2D eigenvalue weighted by Gasteiger charge is 2.32. The van der Waals surface area contributed by atoms with Crippen LogP contribution in [0.4, 0.5) is 13.2 Å². The second kappa shape index (κ2) is 4.80. The number of aliphatic carboxylic acids is 1. The fourth-order valence-electron chi connectivity index (χ4n) is 1.55. The number of carbonyl (C=O) groups is 1. The number of halogens is 3. The predicted molar refractivity (Wildman–Crippen MR) is 46.6 cm³/mol. The SMILES string of the molecule is O=C(O)CN1CCN(CC(F)(F)F)CC1. The maximum Gasteiger partial charge on any atom is 0.401 e. The molecule has 0 aromatic carbocycles. The number of hydrogen-bond acceptors (Lipinski definition) is 3. The zero-order chi connectivity index (χ0) is 11.5. The van der Waals surface area contributed by atoms with Crippen molar-refractivity contribution in [2.75, 3.05) is 39.3 Å². The van der Waals surface area contributed by atoms with Crippen molar-refractivity contribution in [1.82, 2.24) is 9.80 Å². The summed E-state index contributed by atoms with van der Waals surface area (Å²) in [4.78, 5) is 13.3.